The molecule has 90 heavy (non-hydrogen) atoms. The summed E-state index contributed by atoms with van der Waals surface area (Å²) in [5, 5.41) is 0. The van der Waals surface area contributed by atoms with Gasteiger partial charge in [0.25, 0.3) is 0 Å². The SMILES string of the molecule is CCCCCCCCCCCCOC(=O)CCN(CCOC(=O)CCN(C)CCN(C)CCC(=O)OCCN(CCC(=O)OCCCCCCCCCCCC)CCC(=O)OCCCCCCCCCCCC)CCC(=O)OCCCCCCCCCCCC. The molecule has 0 unspecified atom stereocenters. The van der Waals surface area contributed by atoms with E-state index in [4.69, 9.17) is 28.4 Å². The van der Waals surface area contributed by atoms with Gasteiger partial charge in [-0.2, -0.15) is 0 Å². The molecule has 0 aliphatic heterocycles. The standard InChI is InChI=1S/C74H142N4O12/c1-7-11-15-19-23-27-31-35-39-43-63-85-71(81)49-55-77(56-50-72(82)86-64-44-40-36-32-28-24-20-16-12-8-2)61-67-89-69(79)47-53-75(5)59-60-76(6)54-48-70(80)90-68-62-78(57-51-73(83)87-65-45-41-37-33-29-25-21-17-13-9-3)58-52-74(84)88-66-46-42-38-34-30-26-22-18-14-10-4/h7-68H2,1-6H3. The maximum atomic E-state index is 12.9. The van der Waals surface area contributed by atoms with Crippen molar-refractivity contribution in [3.05, 3.63) is 0 Å². The molecule has 0 radical (unpaired) electrons. The van der Waals surface area contributed by atoms with E-state index in [-0.39, 0.29) is 87.6 Å². The monoisotopic (exact) mass is 1280 g/mol. The summed E-state index contributed by atoms with van der Waals surface area (Å²) in [5.41, 5.74) is 0. The van der Waals surface area contributed by atoms with Crippen LogP contribution in [0.5, 0.6) is 0 Å². The largest absolute Gasteiger partial charge is 0.466 e. The maximum Gasteiger partial charge on any atom is 0.307 e. The van der Waals surface area contributed by atoms with Crippen LogP contribution in [0.15, 0.2) is 0 Å². The van der Waals surface area contributed by atoms with Crippen LogP contribution in [0, 0.1) is 0 Å². The van der Waals surface area contributed by atoms with Gasteiger partial charge in [-0.3, -0.25) is 38.6 Å². The second-order valence-electron chi connectivity index (χ2n) is 25.8. The first-order chi connectivity index (χ1) is 43.9. The molecule has 0 aromatic heterocycles. The molecular weight excluding hydrogens is 1140 g/mol. The fourth-order valence-corrected chi connectivity index (χ4v) is 10.9. The molecule has 0 aromatic rings. The average Bonchev–Trinajstić information content (AvgIpc) is 3.73. The molecule has 0 bridgehead atoms. The summed E-state index contributed by atoms with van der Waals surface area (Å²) >= 11 is 0. The molecular formula is C74H142N4O12. The van der Waals surface area contributed by atoms with Gasteiger partial charge in [-0.15, -0.1) is 0 Å². The van der Waals surface area contributed by atoms with E-state index in [2.05, 4.69) is 37.5 Å². The van der Waals surface area contributed by atoms with Crippen molar-refractivity contribution in [2.45, 2.75) is 323 Å². The summed E-state index contributed by atoms with van der Waals surface area (Å²) in [4.78, 5) is 84.8. The summed E-state index contributed by atoms with van der Waals surface area (Å²) in [6.45, 7) is 15.6. The number of unbranched alkanes of at least 4 members (excludes halogenated alkanes) is 36. The van der Waals surface area contributed by atoms with Gasteiger partial charge in [0, 0.05) is 65.4 Å². The molecule has 0 heterocycles. The average molecular weight is 1280 g/mol. The Morgan fingerprint density at radius 2 is 0.367 bits per heavy atom. The molecule has 0 rings (SSSR count). The van der Waals surface area contributed by atoms with Crippen LogP contribution in [0.1, 0.15) is 323 Å². The van der Waals surface area contributed by atoms with Crippen molar-refractivity contribution < 1.29 is 57.2 Å². The van der Waals surface area contributed by atoms with Crippen molar-refractivity contribution in [1.29, 1.82) is 0 Å². The van der Waals surface area contributed by atoms with Crippen molar-refractivity contribution in [3.8, 4) is 0 Å². The van der Waals surface area contributed by atoms with Gasteiger partial charge in [-0.25, -0.2) is 0 Å². The topological polar surface area (TPSA) is 171 Å². The van der Waals surface area contributed by atoms with Gasteiger partial charge in [0.2, 0.25) is 0 Å². The Kier molecular flexibility index (Phi) is 66.0. The Labute approximate surface area is 552 Å². The Bertz CT molecular complexity index is 1440. The van der Waals surface area contributed by atoms with Gasteiger partial charge < -0.3 is 38.2 Å². The van der Waals surface area contributed by atoms with Crippen LogP contribution in [0.3, 0.4) is 0 Å². The number of carbonyl (C=O) groups excluding carboxylic acids is 6. The van der Waals surface area contributed by atoms with Crippen molar-refractivity contribution in [3.63, 3.8) is 0 Å². The highest BCUT2D eigenvalue weighted by Gasteiger charge is 2.17. The van der Waals surface area contributed by atoms with Crippen molar-refractivity contribution >= 4 is 35.8 Å². The van der Waals surface area contributed by atoms with Crippen LogP contribution >= 0.6 is 0 Å². The first-order valence-corrected chi connectivity index (χ1v) is 37.7. The van der Waals surface area contributed by atoms with E-state index < -0.39 is 0 Å². The van der Waals surface area contributed by atoms with Gasteiger partial charge in [-0.05, 0) is 39.8 Å². The lowest BCUT2D eigenvalue weighted by Gasteiger charge is -2.23. The summed E-state index contributed by atoms with van der Waals surface area (Å²) in [5.74, 6) is -1.66. The Morgan fingerprint density at radius 3 is 0.567 bits per heavy atom. The van der Waals surface area contributed by atoms with Gasteiger partial charge in [-0.1, -0.05) is 259 Å². The number of hydrogen-bond donors (Lipinski definition) is 0. The number of ether oxygens (including phenoxy) is 6. The lowest BCUT2D eigenvalue weighted by atomic mass is 10.1. The molecule has 0 aliphatic carbocycles. The third kappa shape index (κ3) is 64.8. The minimum absolute atomic E-state index is 0.142. The van der Waals surface area contributed by atoms with Crippen molar-refractivity contribution in [1.82, 2.24) is 19.6 Å². The smallest absolute Gasteiger partial charge is 0.307 e. The quantitative estimate of drug-likeness (QED) is 0.0320. The van der Waals surface area contributed by atoms with Crippen molar-refractivity contribution in [2.24, 2.45) is 0 Å². The zero-order valence-corrected chi connectivity index (χ0v) is 59.5. The third-order valence-corrected chi connectivity index (χ3v) is 17.2. The van der Waals surface area contributed by atoms with E-state index in [1.807, 2.05) is 23.9 Å². The van der Waals surface area contributed by atoms with Crippen LogP contribution in [-0.4, -0.2) is 175 Å². The fraction of sp³-hybridized carbons (Fsp3) is 0.919. The Balaban J connectivity index is 4.87. The predicted octanol–water partition coefficient (Wildman–Crippen LogP) is 16.7. The van der Waals surface area contributed by atoms with Gasteiger partial charge in [0.15, 0.2) is 0 Å². The molecule has 0 fully saturated rings. The van der Waals surface area contributed by atoms with Crippen LogP contribution in [0.2, 0.25) is 0 Å². The molecule has 0 N–H and O–H groups in total. The van der Waals surface area contributed by atoms with E-state index in [0.717, 1.165) is 77.0 Å². The number of carbonyl (C=O) groups is 6. The van der Waals surface area contributed by atoms with Crippen LogP contribution in [0.25, 0.3) is 0 Å². The van der Waals surface area contributed by atoms with Crippen LogP contribution < -0.4 is 0 Å². The van der Waals surface area contributed by atoms with Gasteiger partial charge >= 0.3 is 35.8 Å². The molecule has 0 amide bonds. The van der Waals surface area contributed by atoms with Gasteiger partial charge in [0.1, 0.15) is 13.2 Å². The number of rotatable bonds is 71. The van der Waals surface area contributed by atoms with E-state index >= 15 is 0 Å². The van der Waals surface area contributed by atoms with E-state index in [1.165, 1.54) is 180 Å². The lowest BCUT2D eigenvalue weighted by molar-refractivity contribution is -0.147. The van der Waals surface area contributed by atoms with E-state index in [1.54, 1.807) is 0 Å². The number of hydrogen-bond acceptors (Lipinski definition) is 16. The summed E-state index contributed by atoms with van der Waals surface area (Å²) < 4.78 is 33.6. The molecule has 0 saturated heterocycles. The third-order valence-electron chi connectivity index (χ3n) is 17.2. The number of esters is 6. The van der Waals surface area contributed by atoms with E-state index in [0.29, 0.717) is 91.9 Å². The fourth-order valence-electron chi connectivity index (χ4n) is 10.9. The van der Waals surface area contributed by atoms with Crippen LogP contribution in [-0.2, 0) is 57.2 Å². The normalized spacial score (nSPS) is 11.5. The highest BCUT2D eigenvalue weighted by atomic mass is 16.6. The van der Waals surface area contributed by atoms with E-state index in [9.17, 15) is 28.8 Å². The number of nitrogens with zero attached hydrogens (tertiary/aromatic N) is 4. The summed E-state index contributed by atoms with van der Waals surface area (Å²) in [6.07, 6.45) is 49.7. The first kappa shape index (κ1) is 86.7. The Hall–Kier alpha value is -3.34. The molecule has 0 aromatic carbocycles. The first-order valence-electron chi connectivity index (χ1n) is 37.7. The zero-order chi connectivity index (χ0) is 65.9. The summed E-state index contributed by atoms with van der Waals surface area (Å²) in [6, 6.07) is 0. The highest BCUT2D eigenvalue weighted by Crippen LogP contribution is 2.15. The molecule has 0 spiro atoms. The summed E-state index contributed by atoms with van der Waals surface area (Å²) in [7, 11) is 3.90. The Morgan fingerprint density at radius 1 is 0.200 bits per heavy atom. The predicted molar refractivity (Wildman–Crippen MR) is 369 cm³/mol. The minimum atomic E-state index is -0.317. The van der Waals surface area contributed by atoms with Crippen LogP contribution in [0.4, 0.5) is 0 Å². The maximum absolute atomic E-state index is 12.9. The molecule has 0 atom stereocenters. The van der Waals surface area contributed by atoms with Gasteiger partial charge in [0.05, 0.1) is 65.0 Å². The highest BCUT2D eigenvalue weighted by molar-refractivity contribution is 5.71. The zero-order valence-electron chi connectivity index (χ0n) is 59.5. The number of likely N-dealkylation sites (N-methyl/N-ethyl adjacent to an activating group) is 2. The minimum Gasteiger partial charge on any atom is -0.466 e. The molecule has 530 valence electrons. The van der Waals surface area contributed by atoms with Crippen molar-refractivity contribution in [2.75, 3.05) is 119 Å². The lowest BCUT2D eigenvalue weighted by Crippen LogP contribution is -2.35. The molecule has 0 aliphatic rings. The molecule has 16 heteroatoms. The molecule has 16 nitrogen and oxygen atoms in total. The second-order valence-corrected chi connectivity index (χ2v) is 25.8. The molecule has 0 saturated carbocycles. The second kappa shape index (κ2) is 68.5.